The highest BCUT2D eigenvalue weighted by atomic mass is 35.5. The van der Waals surface area contributed by atoms with Crippen molar-refractivity contribution in [3.63, 3.8) is 0 Å². The van der Waals surface area contributed by atoms with E-state index < -0.39 is 0 Å². The molecule has 0 saturated heterocycles. The molecule has 0 aliphatic heterocycles. The summed E-state index contributed by atoms with van der Waals surface area (Å²) in [7, 11) is 4.76. The second kappa shape index (κ2) is 8.23. The van der Waals surface area contributed by atoms with Crippen LogP contribution in [0.5, 0.6) is 17.2 Å². The standard InChI is InChI=1S/C13H19Cl2NO3/c1-17-11-8-10(16(6-4-14)7-5-15)9-12(18-2)13(11)19-3/h8-9H,4-7H2,1-3H3. The van der Waals surface area contributed by atoms with E-state index in [4.69, 9.17) is 37.4 Å². The van der Waals surface area contributed by atoms with Gasteiger partial charge in [0.25, 0.3) is 0 Å². The lowest BCUT2D eigenvalue weighted by atomic mass is 10.2. The molecular formula is C13H19Cl2NO3. The molecule has 1 aromatic carbocycles. The van der Waals surface area contributed by atoms with Gasteiger partial charge in [0.1, 0.15) is 0 Å². The lowest BCUT2D eigenvalue weighted by Crippen LogP contribution is -2.27. The van der Waals surface area contributed by atoms with E-state index >= 15 is 0 Å². The van der Waals surface area contributed by atoms with Gasteiger partial charge in [-0.05, 0) is 0 Å². The van der Waals surface area contributed by atoms with Crippen LogP contribution in [0.1, 0.15) is 0 Å². The van der Waals surface area contributed by atoms with Crippen LogP contribution in [-0.4, -0.2) is 46.2 Å². The molecule has 0 heterocycles. The van der Waals surface area contributed by atoms with Gasteiger partial charge in [-0.25, -0.2) is 0 Å². The first-order valence-electron chi connectivity index (χ1n) is 5.88. The molecule has 19 heavy (non-hydrogen) atoms. The Kier molecular flexibility index (Phi) is 6.95. The Balaban J connectivity index is 3.19. The highest BCUT2D eigenvalue weighted by Crippen LogP contribution is 2.40. The maximum Gasteiger partial charge on any atom is 0.203 e. The number of rotatable bonds is 8. The van der Waals surface area contributed by atoms with Gasteiger partial charge in [0.15, 0.2) is 11.5 Å². The molecule has 0 N–H and O–H groups in total. The molecule has 0 unspecified atom stereocenters. The Hall–Kier alpha value is -1.00. The number of methoxy groups -OCH3 is 3. The predicted octanol–water partition coefficient (Wildman–Crippen LogP) is 3.00. The number of hydrogen-bond acceptors (Lipinski definition) is 4. The maximum atomic E-state index is 5.82. The molecule has 4 nitrogen and oxygen atoms in total. The van der Waals surface area contributed by atoms with E-state index in [1.165, 1.54) is 0 Å². The molecule has 6 heteroatoms. The first kappa shape index (κ1) is 16.1. The van der Waals surface area contributed by atoms with Gasteiger partial charge in [-0.3, -0.25) is 0 Å². The van der Waals surface area contributed by atoms with Crippen molar-refractivity contribution in [2.75, 3.05) is 51.1 Å². The average Bonchev–Trinajstić information content (AvgIpc) is 2.45. The molecule has 0 saturated carbocycles. The van der Waals surface area contributed by atoms with Crippen LogP contribution in [-0.2, 0) is 0 Å². The van der Waals surface area contributed by atoms with Gasteiger partial charge in [-0.15, -0.1) is 23.2 Å². The molecule has 0 amide bonds. The highest BCUT2D eigenvalue weighted by molar-refractivity contribution is 6.18. The van der Waals surface area contributed by atoms with E-state index in [2.05, 4.69) is 4.90 Å². The topological polar surface area (TPSA) is 30.9 Å². The second-order valence-electron chi connectivity index (χ2n) is 3.75. The fourth-order valence-electron chi connectivity index (χ4n) is 1.82. The summed E-state index contributed by atoms with van der Waals surface area (Å²) in [6, 6.07) is 3.78. The summed E-state index contributed by atoms with van der Waals surface area (Å²) in [6.07, 6.45) is 0. The van der Waals surface area contributed by atoms with Crippen molar-refractivity contribution in [3.8, 4) is 17.2 Å². The first-order chi connectivity index (χ1) is 9.21. The van der Waals surface area contributed by atoms with Crippen LogP contribution >= 0.6 is 23.2 Å². The largest absolute Gasteiger partial charge is 0.493 e. The summed E-state index contributed by atoms with van der Waals surface area (Å²) in [5.41, 5.74) is 0.941. The minimum atomic E-state index is 0.521. The number of ether oxygens (including phenoxy) is 3. The van der Waals surface area contributed by atoms with Crippen molar-refractivity contribution in [3.05, 3.63) is 12.1 Å². The van der Waals surface area contributed by atoms with Gasteiger partial charge < -0.3 is 19.1 Å². The monoisotopic (exact) mass is 307 g/mol. The predicted molar refractivity (Wildman–Crippen MR) is 79.8 cm³/mol. The lowest BCUT2D eigenvalue weighted by Gasteiger charge is -2.24. The molecule has 0 aliphatic carbocycles. The van der Waals surface area contributed by atoms with Gasteiger partial charge >= 0.3 is 0 Å². The Morgan fingerprint density at radius 2 is 1.37 bits per heavy atom. The highest BCUT2D eigenvalue weighted by Gasteiger charge is 2.16. The number of hydrogen-bond donors (Lipinski definition) is 0. The zero-order valence-electron chi connectivity index (χ0n) is 11.4. The van der Waals surface area contributed by atoms with Crippen LogP contribution < -0.4 is 19.1 Å². The lowest BCUT2D eigenvalue weighted by molar-refractivity contribution is 0.324. The van der Waals surface area contributed by atoms with Crippen molar-refractivity contribution < 1.29 is 14.2 Å². The Morgan fingerprint density at radius 1 is 0.895 bits per heavy atom. The van der Waals surface area contributed by atoms with Crippen LogP contribution in [0.2, 0.25) is 0 Å². The zero-order chi connectivity index (χ0) is 14.3. The number of nitrogens with zero attached hydrogens (tertiary/aromatic N) is 1. The van der Waals surface area contributed by atoms with E-state index in [9.17, 15) is 0 Å². The molecule has 1 rings (SSSR count). The summed E-state index contributed by atoms with van der Waals surface area (Å²) >= 11 is 11.6. The van der Waals surface area contributed by atoms with Gasteiger partial charge in [0.2, 0.25) is 5.75 Å². The first-order valence-corrected chi connectivity index (χ1v) is 6.95. The van der Waals surface area contributed by atoms with Crippen molar-refractivity contribution in [2.24, 2.45) is 0 Å². The van der Waals surface area contributed by atoms with Gasteiger partial charge in [0, 0.05) is 42.7 Å². The Morgan fingerprint density at radius 3 is 1.68 bits per heavy atom. The minimum absolute atomic E-state index is 0.521. The number of alkyl halides is 2. The zero-order valence-corrected chi connectivity index (χ0v) is 12.9. The number of benzene rings is 1. The molecule has 0 atom stereocenters. The third-order valence-electron chi connectivity index (χ3n) is 2.72. The van der Waals surface area contributed by atoms with Gasteiger partial charge in [-0.2, -0.15) is 0 Å². The van der Waals surface area contributed by atoms with E-state index in [1.807, 2.05) is 12.1 Å². The van der Waals surface area contributed by atoms with E-state index in [-0.39, 0.29) is 0 Å². The molecular weight excluding hydrogens is 289 g/mol. The van der Waals surface area contributed by atoms with E-state index in [0.717, 1.165) is 5.69 Å². The summed E-state index contributed by atoms with van der Waals surface area (Å²) in [6.45, 7) is 1.40. The summed E-state index contributed by atoms with van der Waals surface area (Å²) in [5.74, 6) is 2.85. The number of anilines is 1. The summed E-state index contributed by atoms with van der Waals surface area (Å²) in [4.78, 5) is 2.07. The van der Waals surface area contributed by atoms with Crippen molar-refractivity contribution in [1.29, 1.82) is 0 Å². The van der Waals surface area contributed by atoms with Gasteiger partial charge in [0.05, 0.1) is 21.3 Å². The smallest absolute Gasteiger partial charge is 0.203 e. The molecule has 0 fully saturated rings. The summed E-state index contributed by atoms with van der Waals surface area (Å²) in [5, 5.41) is 0. The van der Waals surface area contributed by atoms with Gasteiger partial charge in [-0.1, -0.05) is 0 Å². The molecule has 0 spiro atoms. The fourth-order valence-corrected chi connectivity index (χ4v) is 2.23. The van der Waals surface area contributed by atoms with E-state index in [0.29, 0.717) is 42.1 Å². The second-order valence-corrected chi connectivity index (χ2v) is 4.50. The minimum Gasteiger partial charge on any atom is -0.493 e. The molecule has 108 valence electrons. The van der Waals surface area contributed by atoms with Crippen LogP contribution in [0.4, 0.5) is 5.69 Å². The normalized spacial score (nSPS) is 10.2. The van der Waals surface area contributed by atoms with Crippen molar-refractivity contribution in [2.45, 2.75) is 0 Å². The third-order valence-corrected chi connectivity index (χ3v) is 3.06. The summed E-state index contributed by atoms with van der Waals surface area (Å²) < 4.78 is 15.9. The van der Waals surface area contributed by atoms with Crippen molar-refractivity contribution in [1.82, 2.24) is 0 Å². The van der Waals surface area contributed by atoms with E-state index in [1.54, 1.807) is 21.3 Å². The molecule has 0 radical (unpaired) electrons. The van der Waals surface area contributed by atoms with Crippen LogP contribution in [0.15, 0.2) is 12.1 Å². The maximum absolute atomic E-state index is 5.82. The molecule has 0 aliphatic rings. The van der Waals surface area contributed by atoms with Crippen LogP contribution in [0, 0.1) is 0 Å². The third kappa shape index (κ3) is 3.98. The SMILES string of the molecule is COc1cc(N(CCCl)CCCl)cc(OC)c1OC. The quantitative estimate of drug-likeness (QED) is 0.691. The number of halogens is 2. The van der Waals surface area contributed by atoms with Crippen LogP contribution in [0.3, 0.4) is 0 Å². The molecule has 0 aromatic heterocycles. The fraction of sp³-hybridized carbons (Fsp3) is 0.538. The molecule has 0 bridgehead atoms. The van der Waals surface area contributed by atoms with Crippen LogP contribution in [0.25, 0.3) is 0 Å². The van der Waals surface area contributed by atoms with Crippen molar-refractivity contribution >= 4 is 28.9 Å². The Labute approximate surface area is 124 Å². The average molecular weight is 308 g/mol. The Bertz CT molecular complexity index is 370. The molecule has 1 aromatic rings.